The molecule has 0 spiro atoms. The minimum Gasteiger partial charge on any atom is -0.388 e. The van der Waals surface area contributed by atoms with E-state index >= 15 is 0 Å². The first kappa shape index (κ1) is 14.1. The highest BCUT2D eigenvalue weighted by Crippen LogP contribution is 2.32. The first-order valence-electron chi connectivity index (χ1n) is 7.67. The molecule has 1 heterocycles. The number of carbonyl (C=O) groups is 1. The van der Waals surface area contributed by atoms with Crippen LogP contribution < -0.4 is 0 Å². The van der Waals surface area contributed by atoms with E-state index in [4.69, 9.17) is 0 Å². The molecule has 3 rings (SSSR count). The van der Waals surface area contributed by atoms with Gasteiger partial charge in [-0.3, -0.25) is 4.79 Å². The lowest BCUT2D eigenvalue weighted by Crippen LogP contribution is -2.41. The molecule has 1 aromatic rings. The van der Waals surface area contributed by atoms with Crippen molar-refractivity contribution in [3.05, 3.63) is 21.4 Å². The predicted octanol–water partition coefficient (Wildman–Crippen LogP) is 3.00. The van der Waals surface area contributed by atoms with Gasteiger partial charge in [-0.05, 0) is 50.2 Å². The number of rotatable bonds is 3. The molecule has 4 heteroatoms. The average molecular weight is 293 g/mol. The Morgan fingerprint density at radius 3 is 2.70 bits per heavy atom. The van der Waals surface area contributed by atoms with Gasteiger partial charge in [-0.15, -0.1) is 11.3 Å². The summed E-state index contributed by atoms with van der Waals surface area (Å²) in [6.45, 7) is 0.467. The van der Waals surface area contributed by atoms with Gasteiger partial charge >= 0.3 is 0 Å². The molecule has 1 N–H and O–H groups in total. The molecule has 1 fully saturated rings. The molecular formula is C16H23NO2S. The van der Waals surface area contributed by atoms with Crippen LogP contribution in [0.25, 0.3) is 0 Å². The lowest BCUT2D eigenvalue weighted by Gasteiger charge is -2.28. The highest BCUT2D eigenvalue weighted by molar-refractivity contribution is 7.14. The van der Waals surface area contributed by atoms with Crippen molar-refractivity contribution in [1.29, 1.82) is 0 Å². The summed E-state index contributed by atoms with van der Waals surface area (Å²) in [5, 5.41) is 10.4. The van der Waals surface area contributed by atoms with Crippen molar-refractivity contribution >= 4 is 17.2 Å². The summed E-state index contributed by atoms with van der Waals surface area (Å²) in [5.41, 5.74) is 0.721. The molecule has 0 saturated heterocycles. The summed E-state index contributed by atoms with van der Waals surface area (Å²) in [5.74, 6) is 0.0738. The Morgan fingerprint density at radius 2 is 2.00 bits per heavy atom. The molecule has 0 aliphatic heterocycles. The van der Waals surface area contributed by atoms with Crippen LogP contribution in [0.1, 0.15) is 58.6 Å². The van der Waals surface area contributed by atoms with Crippen molar-refractivity contribution in [1.82, 2.24) is 4.90 Å². The fourth-order valence-corrected chi connectivity index (χ4v) is 4.74. The maximum atomic E-state index is 12.5. The SMILES string of the molecule is CN(CC1(O)CCCC1)C(=O)c1cc2c(s1)CCCC2. The van der Waals surface area contributed by atoms with Gasteiger partial charge < -0.3 is 10.0 Å². The van der Waals surface area contributed by atoms with Crippen molar-refractivity contribution in [3.63, 3.8) is 0 Å². The zero-order valence-electron chi connectivity index (χ0n) is 12.2. The zero-order chi connectivity index (χ0) is 14.2. The second kappa shape index (κ2) is 5.49. The molecular weight excluding hydrogens is 270 g/mol. The standard InChI is InChI=1S/C16H23NO2S/c1-17(11-16(19)8-4-5-9-16)15(18)14-10-12-6-2-3-7-13(12)20-14/h10,19H,2-9,11H2,1H3. The number of thiophene rings is 1. The molecule has 2 aliphatic carbocycles. The number of amides is 1. The van der Waals surface area contributed by atoms with Crippen LogP contribution in [0.5, 0.6) is 0 Å². The van der Waals surface area contributed by atoms with Crippen LogP contribution in [-0.2, 0) is 12.8 Å². The summed E-state index contributed by atoms with van der Waals surface area (Å²) in [6.07, 6.45) is 8.53. The van der Waals surface area contributed by atoms with Gasteiger partial charge in [0.2, 0.25) is 0 Å². The molecule has 2 aliphatic rings. The first-order valence-corrected chi connectivity index (χ1v) is 8.48. The van der Waals surface area contributed by atoms with Crippen molar-refractivity contribution in [2.45, 2.75) is 57.0 Å². The summed E-state index contributed by atoms with van der Waals surface area (Å²) < 4.78 is 0. The Kier molecular flexibility index (Phi) is 3.87. The van der Waals surface area contributed by atoms with E-state index in [1.807, 2.05) is 7.05 Å². The summed E-state index contributed by atoms with van der Waals surface area (Å²) in [4.78, 5) is 16.5. The van der Waals surface area contributed by atoms with Gasteiger partial charge in [-0.1, -0.05) is 12.8 Å². The van der Waals surface area contributed by atoms with Gasteiger partial charge in [0.1, 0.15) is 0 Å². The van der Waals surface area contributed by atoms with Gasteiger partial charge in [0.15, 0.2) is 0 Å². The summed E-state index contributed by atoms with van der Waals surface area (Å²) in [7, 11) is 1.82. The molecule has 3 nitrogen and oxygen atoms in total. The molecule has 0 atom stereocenters. The van der Waals surface area contributed by atoms with Crippen LogP contribution in [0.3, 0.4) is 0 Å². The van der Waals surface area contributed by atoms with E-state index in [2.05, 4.69) is 6.07 Å². The quantitative estimate of drug-likeness (QED) is 0.930. The normalized spacial score (nSPS) is 20.7. The topological polar surface area (TPSA) is 40.5 Å². The number of aliphatic hydroxyl groups is 1. The number of nitrogens with zero attached hydrogens (tertiary/aromatic N) is 1. The molecule has 0 radical (unpaired) electrons. The van der Waals surface area contributed by atoms with Gasteiger partial charge in [-0.25, -0.2) is 0 Å². The molecule has 0 aromatic carbocycles. The fourth-order valence-electron chi connectivity index (χ4n) is 3.49. The lowest BCUT2D eigenvalue weighted by atomic mass is 9.99. The smallest absolute Gasteiger partial charge is 0.263 e. The first-order chi connectivity index (χ1) is 9.57. The minimum atomic E-state index is -0.652. The molecule has 1 amide bonds. The van der Waals surface area contributed by atoms with E-state index in [1.165, 1.54) is 23.3 Å². The molecule has 0 bridgehead atoms. The van der Waals surface area contributed by atoms with Gasteiger partial charge in [-0.2, -0.15) is 0 Å². The molecule has 110 valence electrons. The van der Waals surface area contributed by atoms with Crippen LogP contribution in [0.4, 0.5) is 0 Å². The molecule has 1 saturated carbocycles. The van der Waals surface area contributed by atoms with Crippen molar-refractivity contribution < 1.29 is 9.90 Å². The van der Waals surface area contributed by atoms with E-state index in [9.17, 15) is 9.90 Å². The monoisotopic (exact) mass is 293 g/mol. The summed E-state index contributed by atoms with van der Waals surface area (Å²) in [6, 6.07) is 2.08. The Labute approximate surface area is 124 Å². The lowest BCUT2D eigenvalue weighted by molar-refractivity contribution is 0.0158. The van der Waals surface area contributed by atoms with Crippen molar-refractivity contribution in [2.75, 3.05) is 13.6 Å². The second-order valence-corrected chi connectivity index (χ2v) is 7.50. The number of hydrogen-bond acceptors (Lipinski definition) is 3. The van der Waals surface area contributed by atoms with Gasteiger partial charge in [0.05, 0.1) is 10.5 Å². The van der Waals surface area contributed by atoms with Crippen LogP contribution in [0.15, 0.2) is 6.07 Å². The predicted molar refractivity (Wildman–Crippen MR) is 81.3 cm³/mol. The third-order valence-corrected chi connectivity index (χ3v) is 5.84. The number of carbonyl (C=O) groups excluding carboxylic acids is 1. The second-order valence-electron chi connectivity index (χ2n) is 6.36. The number of fused-ring (bicyclic) bond motifs is 1. The summed E-state index contributed by atoms with van der Waals surface area (Å²) >= 11 is 1.66. The van der Waals surface area contributed by atoms with E-state index < -0.39 is 5.60 Å². The van der Waals surface area contributed by atoms with Crippen LogP contribution in [0, 0.1) is 0 Å². The number of aryl methyl sites for hydroxylation is 2. The van der Waals surface area contributed by atoms with Crippen molar-refractivity contribution in [3.8, 4) is 0 Å². The Balaban J connectivity index is 1.70. The van der Waals surface area contributed by atoms with Crippen LogP contribution in [-0.4, -0.2) is 35.1 Å². The third kappa shape index (κ3) is 2.77. The maximum absolute atomic E-state index is 12.5. The van der Waals surface area contributed by atoms with E-state index in [1.54, 1.807) is 16.2 Å². The average Bonchev–Trinajstić information content (AvgIpc) is 3.03. The Morgan fingerprint density at radius 1 is 1.30 bits per heavy atom. The zero-order valence-corrected chi connectivity index (χ0v) is 13.0. The Bertz CT molecular complexity index is 479. The van der Waals surface area contributed by atoms with Crippen molar-refractivity contribution in [2.24, 2.45) is 0 Å². The molecule has 1 aromatic heterocycles. The third-order valence-electron chi connectivity index (χ3n) is 4.62. The van der Waals surface area contributed by atoms with Crippen LogP contribution >= 0.6 is 11.3 Å². The highest BCUT2D eigenvalue weighted by Gasteiger charge is 2.34. The van der Waals surface area contributed by atoms with E-state index in [0.717, 1.165) is 43.4 Å². The van der Waals surface area contributed by atoms with Gasteiger partial charge in [0, 0.05) is 18.5 Å². The largest absolute Gasteiger partial charge is 0.388 e. The molecule has 20 heavy (non-hydrogen) atoms. The van der Waals surface area contributed by atoms with E-state index in [-0.39, 0.29) is 5.91 Å². The highest BCUT2D eigenvalue weighted by atomic mass is 32.1. The van der Waals surface area contributed by atoms with Crippen LogP contribution in [0.2, 0.25) is 0 Å². The number of hydrogen-bond donors (Lipinski definition) is 1. The fraction of sp³-hybridized carbons (Fsp3) is 0.688. The maximum Gasteiger partial charge on any atom is 0.263 e. The number of likely N-dealkylation sites (N-methyl/N-ethyl adjacent to an activating group) is 1. The minimum absolute atomic E-state index is 0.0738. The van der Waals surface area contributed by atoms with Gasteiger partial charge in [0.25, 0.3) is 5.91 Å². The Hall–Kier alpha value is -0.870. The van der Waals surface area contributed by atoms with E-state index in [0.29, 0.717) is 6.54 Å². The molecule has 0 unspecified atom stereocenters.